The van der Waals surface area contributed by atoms with Gasteiger partial charge in [-0.1, -0.05) is 0 Å². The number of carbonyl (C=O) groups is 2. The van der Waals surface area contributed by atoms with E-state index in [1.807, 2.05) is 19.1 Å². The van der Waals surface area contributed by atoms with Crippen molar-refractivity contribution in [1.29, 1.82) is 0 Å². The lowest BCUT2D eigenvalue weighted by Crippen LogP contribution is -2.47. The Morgan fingerprint density at radius 3 is 2.39 bits per heavy atom. The number of benzene rings is 2. The first-order chi connectivity index (χ1) is 15.1. The van der Waals surface area contributed by atoms with Crippen LogP contribution in [0.3, 0.4) is 0 Å². The second-order valence-electron chi connectivity index (χ2n) is 7.40. The van der Waals surface area contributed by atoms with Gasteiger partial charge in [0.1, 0.15) is 11.5 Å². The van der Waals surface area contributed by atoms with E-state index in [0.717, 1.165) is 5.75 Å². The zero-order valence-electron chi connectivity index (χ0n) is 17.5. The molecule has 8 heteroatoms. The fourth-order valence-corrected chi connectivity index (χ4v) is 3.66. The van der Waals surface area contributed by atoms with Gasteiger partial charge >= 0.3 is 0 Å². The molecule has 0 aromatic heterocycles. The van der Waals surface area contributed by atoms with Crippen molar-refractivity contribution in [2.24, 2.45) is 0 Å². The molecule has 1 N–H and O–H groups in total. The van der Waals surface area contributed by atoms with E-state index in [0.29, 0.717) is 55.4 Å². The normalized spacial score (nSPS) is 15.5. The number of rotatable bonds is 7. The van der Waals surface area contributed by atoms with Crippen LogP contribution in [-0.2, 0) is 4.79 Å². The predicted molar refractivity (Wildman–Crippen MR) is 113 cm³/mol. The molecule has 0 unspecified atom stereocenters. The number of likely N-dealkylation sites (tertiary alicyclic amines) is 1. The van der Waals surface area contributed by atoms with Gasteiger partial charge in [0.05, 0.1) is 6.61 Å². The van der Waals surface area contributed by atoms with E-state index >= 15 is 0 Å². The van der Waals surface area contributed by atoms with Gasteiger partial charge in [-0.25, -0.2) is 0 Å². The standard InChI is InChI=1S/C23H26N2O6/c1-2-28-18-4-6-19(7-5-18)29-14-22(26)24-17-9-11-25(12-10-17)23(27)16-3-8-20-21(13-16)31-15-30-20/h3-8,13,17H,2,9-12,14-15H2,1H3,(H,24,26). The van der Waals surface area contributed by atoms with Crippen LogP contribution < -0.4 is 24.3 Å². The summed E-state index contributed by atoms with van der Waals surface area (Å²) in [7, 11) is 0. The third-order valence-electron chi connectivity index (χ3n) is 5.27. The number of fused-ring (bicyclic) bond motifs is 1. The molecule has 0 atom stereocenters. The molecule has 0 bridgehead atoms. The maximum absolute atomic E-state index is 12.8. The minimum Gasteiger partial charge on any atom is -0.494 e. The fourth-order valence-electron chi connectivity index (χ4n) is 3.66. The van der Waals surface area contributed by atoms with Crippen molar-refractivity contribution >= 4 is 11.8 Å². The van der Waals surface area contributed by atoms with Gasteiger partial charge in [0.25, 0.3) is 11.8 Å². The van der Waals surface area contributed by atoms with Crippen LogP contribution in [0.5, 0.6) is 23.0 Å². The van der Waals surface area contributed by atoms with Crippen molar-refractivity contribution in [3.8, 4) is 23.0 Å². The summed E-state index contributed by atoms with van der Waals surface area (Å²) < 4.78 is 21.6. The van der Waals surface area contributed by atoms with Crippen LogP contribution in [0.4, 0.5) is 0 Å². The van der Waals surface area contributed by atoms with E-state index in [-0.39, 0.29) is 31.3 Å². The molecule has 8 nitrogen and oxygen atoms in total. The molecule has 0 aliphatic carbocycles. The molecule has 0 radical (unpaired) electrons. The van der Waals surface area contributed by atoms with Crippen molar-refractivity contribution in [3.05, 3.63) is 48.0 Å². The molecule has 4 rings (SSSR count). The van der Waals surface area contributed by atoms with Gasteiger partial charge in [0.15, 0.2) is 18.1 Å². The first-order valence-corrected chi connectivity index (χ1v) is 10.5. The molecule has 2 aromatic carbocycles. The highest BCUT2D eigenvalue weighted by atomic mass is 16.7. The molecule has 0 spiro atoms. The summed E-state index contributed by atoms with van der Waals surface area (Å²) >= 11 is 0. The smallest absolute Gasteiger partial charge is 0.258 e. The summed E-state index contributed by atoms with van der Waals surface area (Å²) in [5.41, 5.74) is 0.579. The summed E-state index contributed by atoms with van der Waals surface area (Å²) in [5.74, 6) is 2.42. The Morgan fingerprint density at radius 2 is 1.68 bits per heavy atom. The molecule has 2 aliphatic rings. The van der Waals surface area contributed by atoms with Gasteiger partial charge in [-0.3, -0.25) is 9.59 Å². The van der Waals surface area contributed by atoms with Gasteiger partial charge in [0, 0.05) is 24.7 Å². The second-order valence-corrected chi connectivity index (χ2v) is 7.40. The zero-order valence-corrected chi connectivity index (χ0v) is 17.5. The molecule has 1 fully saturated rings. The first-order valence-electron chi connectivity index (χ1n) is 10.5. The Balaban J connectivity index is 1.20. The first kappa shape index (κ1) is 20.8. The minimum atomic E-state index is -0.172. The number of nitrogens with one attached hydrogen (secondary N) is 1. The van der Waals surface area contributed by atoms with Crippen LogP contribution in [0, 0.1) is 0 Å². The lowest BCUT2D eigenvalue weighted by molar-refractivity contribution is -0.124. The number of piperidine rings is 1. The number of nitrogens with zero attached hydrogens (tertiary/aromatic N) is 1. The van der Waals surface area contributed by atoms with E-state index in [2.05, 4.69) is 5.32 Å². The number of ether oxygens (including phenoxy) is 4. The zero-order chi connectivity index (χ0) is 21.6. The van der Waals surface area contributed by atoms with E-state index in [9.17, 15) is 9.59 Å². The Kier molecular flexibility index (Phi) is 6.45. The molecule has 2 aromatic rings. The molecule has 164 valence electrons. The summed E-state index contributed by atoms with van der Waals surface area (Å²) in [5, 5.41) is 2.99. The Labute approximate surface area is 181 Å². The largest absolute Gasteiger partial charge is 0.494 e. The lowest BCUT2D eigenvalue weighted by Gasteiger charge is -2.32. The highest BCUT2D eigenvalue weighted by Crippen LogP contribution is 2.33. The molecule has 2 aliphatic heterocycles. The third kappa shape index (κ3) is 5.20. The van der Waals surface area contributed by atoms with Crippen molar-refractivity contribution in [2.75, 3.05) is 33.1 Å². The molecular weight excluding hydrogens is 400 g/mol. The molecule has 2 amide bonds. The van der Waals surface area contributed by atoms with Gasteiger partial charge in [0.2, 0.25) is 6.79 Å². The van der Waals surface area contributed by atoms with Crippen LogP contribution in [0.15, 0.2) is 42.5 Å². The average Bonchev–Trinajstić information content (AvgIpc) is 3.27. The van der Waals surface area contributed by atoms with E-state index in [1.54, 1.807) is 35.2 Å². The predicted octanol–water partition coefficient (Wildman–Crippen LogP) is 2.61. The quantitative estimate of drug-likeness (QED) is 0.733. The van der Waals surface area contributed by atoms with Crippen molar-refractivity contribution in [1.82, 2.24) is 10.2 Å². The molecule has 31 heavy (non-hydrogen) atoms. The van der Waals surface area contributed by atoms with Crippen molar-refractivity contribution in [3.63, 3.8) is 0 Å². The summed E-state index contributed by atoms with van der Waals surface area (Å²) in [4.78, 5) is 26.8. The Bertz CT molecular complexity index is 922. The van der Waals surface area contributed by atoms with Crippen LogP contribution >= 0.6 is 0 Å². The molecule has 2 heterocycles. The lowest BCUT2D eigenvalue weighted by atomic mass is 10.0. The third-order valence-corrected chi connectivity index (χ3v) is 5.27. The number of carbonyl (C=O) groups excluding carboxylic acids is 2. The summed E-state index contributed by atoms with van der Waals surface area (Å²) in [6.07, 6.45) is 1.40. The van der Waals surface area contributed by atoms with Gasteiger partial charge < -0.3 is 29.2 Å². The van der Waals surface area contributed by atoms with E-state index in [1.165, 1.54) is 0 Å². The van der Waals surface area contributed by atoms with Crippen LogP contribution in [-0.4, -0.2) is 55.9 Å². The number of hydrogen-bond acceptors (Lipinski definition) is 6. The molecule has 0 saturated carbocycles. The fraction of sp³-hybridized carbons (Fsp3) is 0.391. The number of amides is 2. The van der Waals surface area contributed by atoms with E-state index < -0.39 is 0 Å². The second kappa shape index (κ2) is 9.59. The summed E-state index contributed by atoms with van der Waals surface area (Å²) in [6, 6.07) is 12.4. The maximum atomic E-state index is 12.8. The highest BCUT2D eigenvalue weighted by molar-refractivity contribution is 5.95. The van der Waals surface area contributed by atoms with Crippen LogP contribution in [0.1, 0.15) is 30.1 Å². The maximum Gasteiger partial charge on any atom is 0.258 e. The van der Waals surface area contributed by atoms with Crippen molar-refractivity contribution < 1.29 is 28.5 Å². The average molecular weight is 426 g/mol. The number of hydrogen-bond donors (Lipinski definition) is 1. The Hall–Kier alpha value is -3.42. The van der Waals surface area contributed by atoms with E-state index in [4.69, 9.17) is 18.9 Å². The summed E-state index contributed by atoms with van der Waals surface area (Å²) in [6.45, 7) is 3.82. The van der Waals surface area contributed by atoms with Gasteiger partial charge in [-0.2, -0.15) is 0 Å². The van der Waals surface area contributed by atoms with Crippen LogP contribution in [0.25, 0.3) is 0 Å². The molecular formula is C23H26N2O6. The highest BCUT2D eigenvalue weighted by Gasteiger charge is 2.26. The van der Waals surface area contributed by atoms with Gasteiger partial charge in [-0.15, -0.1) is 0 Å². The Morgan fingerprint density at radius 1 is 1.00 bits per heavy atom. The molecule has 1 saturated heterocycles. The van der Waals surface area contributed by atoms with Gasteiger partial charge in [-0.05, 0) is 62.2 Å². The minimum absolute atomic E-state index is 0.0252. The topological polar surface area (TPSA) is 86.3 Å². The SMILES string of the molecule is CCOc1ccc(OCC(=O)NC2CCN(C(=O)c3ccc4c(c3)OCO4)CC2)cc1. The van der Waals surface area contributed by atoms with Crippen LogP contribution in [0.2, 0.25) is 0 Å². The van der Waals surface area contributed by atoms with Crippen molar-refractivity contribution in [2.45, 2.75) is 25.8 Å². The monoisotopic (exact) mass is 426 g/mol.